The molecule has 2 heterocycles. The minimum atomic E-state index is -4.34. The van der Waals surface area contributed by atoms with Crippen LogP contribution in [0.5, 0.6) is 0 Å². The Morgan fingerprint density at radius 2 is 1.89 bits per heavy atom. The van der Waals surface area contributed by atoms with Crippen LogP contribution in [0.4, 0.5) is 11.5 Å². The average Bonchev–Trinajstić information content (AvgIpc) is 3.27. The lowest BCUT2D eigenvalue weighted by atomic mass is 9.88. The molecule has 2 aliphatic rings. The van der Waals surface area contributed by atoms with Gasteiger partial charge < -0.3 is 20.3 Å². The van der Waals surface area contributed by atoms with E-state index in [0.29, 0.717) is 11.5 Å². The maximum absolute atomic E-state index is 10.5. The molecule has 4 N–H and O–H groups in total. The Bertz CT molecular complexity index is 809. The van der Waals surface area contributed by atoms with Gasteiger partial charge >= 0.3 is 7.82 Å². The first-order valence-corrected chi connectivity index (χ1v) is 15.3. The molecule has 11 heteroatoms. The zero-order valence-electron chi connectivity index (χ0n) is 21.4. The molecule has 1 aliphatic carbocycles. The molecule has 1 saturated carbocycles. The molecule has 1 aromatic heterocycles. The van der Waals surface area contributed by atoms with E-state index < -0.39 is 7.82 Å². The second-order valence-electron chi connectivity index (χ2n) is 9.24. The zero-order chi connectivity index (χ0) is 25.7. The number of thioether (sulfide) groups is 1. The van der Waals surface area contributed by atoms with Gasteiger partial charge in [-0.25, -0.2) is 14.5 Å². The van der Waals surface area contributed by atoms with E-state index in [1.807, 2.05) is 13.8 Å². The molecule has 0 amide bonds. The molecule has 1 aliphatic heterocycles. The lowest BCUT2D eigenvalue weighted by Gasteiger charge is -2.20. The summed E-state index contributed by atoms with van der Waals surface area (Å²) in [6.45, 7) is 5.92. The van der Waals surface area contributed by atoms with Crippen LogP contribution in [0.2, 0.25) is 0 Å². The van der Waals surface area contributed by atoms with E-state index in [-0.39, 0.29) is 18.8 Å². The number of phosphoric acid groups is 1. The molecule has 35 heavy (non-hydrogen) atoms. The van der Waals surface area contributed by atoms with Crippen LogP contribution < -0.4 is 5.73 Å². The van der Waals surface area contributed by atoms with E-state index in [4.69, 9.17) is 20.3 Å². The molecule has 0 spiro atoms. The summed E-state index contributed by atoms with van der Waals surface area (Å²) in [4.78, 5) is 30.1. The van der Waals surface area contributed by atoms with Crippen molar-refractivity contribution < 1.29 is 23.6 Å². The van der Waals surface area contributed by atoms with Crippen molar-refractivity contribution in [3.63, 3.8) is 0 Å². The number of nitrogen functional groups attached to an aromatic ring is 1. The number of phosphoric ester groups is 1. The van der Waals surface area contributed by atoms with E-state index in [9.17, 15) is 4.57 Å². The van der Waals surface area contributed by atoms with Gasteiger partial charge in [-0.2, -0.15) is 0 Å². The van der Waals surface area contributed by atoms with E-state index in [1.165, 1.54) is 38.5 Å². The van der Waals surface area contributed by atoms with Crippen LogP contribution in [-0.4, -0.2) is 50.5 Å². The number of nitrogens with two attached hydrogens (primary N) is 1. The van der Waals surface area contributed by atoms with Crippen LogP contribution in [0.3, 0.4) is 0 Å². The van der Waals surface area contributed by atoms with Gasteiger partial charge in [-0.3, -0.25) is 9.52 Å². The summed E-state index contributed by atoms with van der Waals surface area (Å²) < 4.78 is 20.5. The van der Waals surface area contributed by atoms with E-state index in [0.717, 1.165) is 54.6 Å². The van der Waals surface area contributed by atoms with Crippen LogP contribution in [-0.2, 0) is 13.8 Å². The summed E-state index contributed by atoms with van der Waals surface area (Å²) in [6, 6.07) is 0. The van der Waals surface area contributed by atoms with Crippen molar-refractivity contribution in [2.24, 2.45) is 10.9 Å². The smallest absolute Gasteiger partial charge is 0.382 e. The Morgan fingerprint density at radius 1 is 1.17 bits per heavy atom. The number of aromatic nitrogens is 2. The Balaban J connectivity index is 0.000000258. The first kappa shape index (κ1) is 30.2. The van der Waals surface area contributed by atoms with Crippen molar-refractivity contribution >= 4 is 37.3 Å². The molecule has 200 valence electrons. The van der Waals surface area contributed by atoms with Crippen molar-refractivity contribution in [1.82, 2.24) is 9.97 Å². The van der Waals surface area contributed by atoms with Crippen molar-refractivity contribution in [3.05, 3.63) is 5.69 Å². The number of hydrogen-bond acceptors (Lipinski definition) is 8. The highest BCUT2D eigenvalue weighted by Gasteiger charge is 2.27. The summed E-state index contributed by atoms with van der Waals surface area (Å²) in [6.07, 6.45) is 15.2. The minimum Gasteiger partial charge on any atom is -0.382 e. The van der Waals surface area contributed by atoms with Gasteiger partial charge in [0.05, 0.1) is 24.5 Å². The maximum Gasteiger partial charge on any atom is 0.469 e. The molecular weight excluding hydrogens is 487 g/mol. The normalized spacial score (nSPS) is 21.3. The summed E-state index contributed by atoms with van der Waals surface area (Å²) >= 11 is 1.72. The molecule has 2 fully saturated rings. The second-order valence-corrected chi connectivity index (χ2v) is 11.5. The highest BCUT2D eigenvalue weighted by Crippen LogP contribution is 2.37. The van der Waals surface area contributed by atoms with E-state index in [1.54, 1.807) is 18.0 Å². The second kappa shape index (κ2) is 15.9. The number of hydrogen-bond donors (Lipinski definition) is 3. The Kier molecular flexibility index (Phi) is 13.8. The predicted molar refractivity (Wildman–Crippen MR) is 142 cm³/mol. The lowest BCUT2D eigenvalue weighted by Crippen LogP contribution is -2.16. The molecule has 0 bridgehead atoms. The number of aryl methyl sites for hydroxylation is 1. The molecule has 0 radical (unpaired) electrons. The Morgan fingerprint density at radius 3 is 2.51 bits per heavy atom. The maximum atomic E-state index is 10.5. The van der Waals surface area contributed by atoms with Crippen LogP contribution >= 0.6 is 19.6 Å². The summed E-state index contributed by atoms with van der Waals surface area (Å²) in [5.74, 6) is 2.47. The van der Waals surface area contributed by atoms with Gasteiger partial charge in [-0.15, -0.1) is 0 Å². The van der Waals surface area contributed by atoms with Crippen LogP contribution in [0.25, 0.3) is 0 Å². The van der Waals surface area contributed by atoms with Crippen LogP contribution in [0.15, 0.2) is 10.1 Å². The summed E-state index contributed by atoms with van der Waals surface area (Å²) in [5, 5.41) is 0.783. The molecule has 0 aromatic carbocycles. The minimum absolute atomic E-state index is 0.00704. The molecule has 9 nitrogen and oxygen atoms in total. The molecule has 1 aromatic rings. The number of ether oxygens (including phenoxy) is 1. The monoisotopic (exact) mass is 530 g/mol. The van der Waals surface area contributed by atoms with Gasteiger partial charge in [0.15, 0.2) is 11.0 Å². The Labute approximate surface area is 214 Å². The third-order valence-corrected chi connectivity index (χ3v) is 7.67. The van der Waals surface area contributed by atoms with Gasteiger partial charge in [0, 0.05) is 12.0 Å². The fraction of sp³-hybridized carbons (Fsp3) is 0.792. The number of nitrogens with zero attached hydrogens (tertiary/aromatic N) is 3. The fourth-order valence-electron chi connectivity index (χ4n) is 4.44. The van der Waals surface area contributed by atoms with Gasteiger partial charge in [-0.05, 0) is 45.4 Å². The SMILES string of the molecule is CC=Nc1c(C)nc(SCCC2CCCCC2)nc1N.CCCC[C@H]1CCC(COP(=O)(O)O)O1. The topological polar surface area (TPSA) is 140 Å². The van der Waals surface area contributed by atoms with Gasteiger partial charge in [0.1, 0.15) is 5.69 Å². The van der Waals surface area contributed by atoms with Crippen molar-refractivity contribution in [2.75, 3.05) is 18.1 Å². The van der Waals surface area contributed by atoms with E-state index >= 15 is 0 Å². The number of anilines is 1. The largest absolute Gasteiger partial charge is 0.469 e. The highest BCUT2D eigenvalue weighted by atomic mass is 32.2. The fourth-order valence-corrected chi connectivity index (χ4v) is 5.79. The number of unbranched alkanes of at least 4 members (excludes halogenated alkanes) is 1. The molecule has 2 atom stereocenters. The third kappa shape index (κ3) is 12.2. The van der Waals surface area contributed by atoms with Gasteiger partial charge in [-0.1, -0.05) is 63.6 Å². The molecule has 3 rings (SSSR count). The molecular formula is C24H43N4O5PS. The first-order valence-electron chi connectivity index (χ1n) is 12.8. The number of aliphatic imine (C=N–C) groups is 1. The quantitative estimate of drug-likeness (QED) is 0.136. The highest BCUT2D eigenvalue weighted by molar-refractivity contribution is 7.99. The molecule has 1 saturated heterocycles. The van der Waals surface area contributed by atoms with Crippen molar-refractivity contribution in [1.29, 1.82) is 0 Å². The van der Waals surface area contributed by atoms with Crippen LogP contribution in [0.1, 0.15) is 90.2 Å². The zero-order valence-corrected chi connectivity index (χ0v) is 23.1. The third-order valence-electron chi connectivity index (χ3n) is 6.31. The predicted octanol–water partition coefficient (Wildman–Crippen LogP) is 5.99. The van der Waals surface area contributed by atoms with Gasteiger partial charge in [0.25, 0.3) is 0 Å². The first-order chi connectivity index (χ1) is 16.7. The van der Waals surface area contributed by atoms with Crippen LogP contribution in [0, 0.1) is 12.8 Å². The standard InChI is InChI=1S/C15H24N4S.C9H19O5P/c1-3-17-13-11(2)18-15(19-14(13)16)20-10-9-12-7-5-4-6-8-12;1-2-3-4-8-5-6-9(14-8)7-13-15(10,11)12/h3,12H,4-10H2,1-2H3,(H2,16,18,19);8-9H,2-7H2,1H3,(H2,10,11,12)/t;8-,9?/m.0/s1. The van der Waals surface area contributed by atoms with Crippen molar-refractivity contribution in [2.45, 2.75) is 109 Å². The van der Waals surface area contributed by atoms with Gasteiger partial charge in [0.2, 0.25) is 0 Å². The summed E-state index contributed by atoms with van der Waals surface area (Å²) in [7, 11) is -4.34. The van der Waals surface area contributed by atoms with E-state index in [2.05, 4.69) is 26.4 Å². The lowest BCUT2D eigenvalue weighted by molar-refractivity contribution is 0.00707. The summed E-state index contributed by atoms with van der Waals surface area (Å²) in [5.41, 5.74) is 7.50. The Hall–Kier alpha value is -1.03. The average molecular weight is 531 g/mol. The number of rotatable bonds is 11. The van der Waals surface area contributed by atoms with Crippen molar-refractivity contribution in [3.8, 4) is 0 Å². The molecule has 1 unspecified atom stereocenters.